The lowest BCUT2D eigenvalue weighted by Gasteiger charge is -2.09. The summed E-state index contributed by atoms with van der Waals surface area (Å²) in [6.07, 6.45) is 1.99. The van der Waals surface area contributed by atoms with Gasteiger partial charge in [0.1, 0.15) is 5.75 Å². The van der Waals surface area contributed by atoms with Crippen molar-refractivity contribution >= 4 is 29.1 Å². The van der Waals surface area contributed by atoms with Crippen LogP contribution in [-0.2, 0) is 4.74 Å². The molecule has 2 aromatic rings. The normalized spacial score (nSPS) is 10.5. The summed E-state index contributed by atoms with van der Waals surface area (Å²) in [4.78, 5) is 15.9. The summed E-state index contributed by atoms with van der Waals surface area (Å²) in [5, 5.41) is 0.808. The van der Waals surface area contributed by atoms with Gasteiger partial charge in [-0.3, -0.25) is 0 Å². The Balaban J connectivity index is 2.25. The van der Waals surface area contributed by atoms with Crippen molar-refractivity contribution in [2.45, 2.75) is 26.7 Å². The number of hydrogen-bond donors (Lipinski definition) is 0. The molecule has 7 heteroatoms. The van der Waals surface area contributed by atoms with E-state index in [0.29, 0.717) is 35.4 Å². The van der Waals surface area contributed by atoms with Crippen LogP contribution >= 0.6 is 23.1 Å². The van der Waals surface area contributed by atoms with Crippen molar-refractivity contribution in [2.24, 2.45) is 0 Å². The molecule has 0 bridgehead atoms. The van der Waals surface area contributed by atoms with Crippen LogP contribution in [0.25, 0.3) is 11.4 Å². The molecule has 0 fully saturated rings. The number of benzene rings is 1. The van der Waals surface area contributed by atoms with Gasteiger partial charge in [-0.15, -0.1) is 0 Å². The zero-order valence-electron chi connectivity index (χ0n) is 12.5. The molecule has 5 nitrogen and oxygen atoms in total. The lowest BCUT2D eigenvalue weighted by Crippen LogP contribution is -2.04. The summed E-state index contributed by atoms with van der Waals surface area (Å²) in [6, 6.07) is 5.27. The maximum atomic E-state index is 11.7. The Morgan fingerprint density at radius 3 is 2.91 bits per heavy atom. The number of carbonyl (C=O) groups is 1. The number of hydrogen-bond acceptors (Lipinski definition) is 6. The van der Waals surface area contributed by atoms with E-state index in [4.69, 9.17) is 21.1 Å². The van der Waals surface area contributed by atoms with Gasteiger partial charge >= 0.3 is 5.97 Å². The second-order valence-electron chi connectivity index (χ2n) is 4.49. The molecular formula is C15H17ClN2O3S. The lowest BCUT2D eigenvalue weighted by molar-refractivity contribution is 0.0526. The van der Waals surface area contributed by atoms with Gasteiger partial charge in [0.05, 0.1) is 18.8 Å². The van der Waals surface area contributed by atoms with Gasteiger partial charge in [0.2, 0.25) is 5.01 Å². The standard InChI is InChI=1S/C15H17ClN2O3S/c1-3-5-8-21-12-9-10(16)6-7-11(12)13-17-14(22-18-13)15(19)20-4-2/h6-7,9H,3-5,8H2,1-2H3. The minimum atomic E-state index is -0.464. The van der Waals surface area contributed by atoms with Crippen molar-refractivity contribution in [1.29, 1.82) is 0 Å². The molecule has 0 N–H and O–H groups in total. The van der Waals surface area contributed by atoms with Gasteiger partial charge in [0.15, 0.2) is 5.82 Å². The third-order valence-electron chi connectivity index (χ3n) is 2.82. The molecule has 0 amide bonds. The van der Waals surface area contributed by atoms with E-state index < -0.39 is 5.97 Å². The highest BCUT2D eigenvalue weighted by Crippen LogP contribution is 2.31. The topological polar surface area (TPSA) is 61.3 Å². The van der Waals surface area contributed by atoms with E-state index in [9.17, 15) is 4.79 Å². The van der Waals surface area contributed by atoms with Gasteiger partial charge in [0.25, 0.3) is 0 Å². The summed E-state index contributed by atoms with van der Waals surface area (Å²) >= 11 is 7.03. The van der Waals surface area contributed by atoms with Gasteiger partial charge in [-0.25, -0.2) is 9.78 Å². The molecule has 0 atom stereocenters. The van der Waals surface area contributed by atoms with E-state index in [1.165, 1.54) is 0 Å². The molecule has 0 aliphatic heterocycles. The first-order chi connectivity index (χ1) is 10.7. The Morgan fingerprint density at radius 1 is 1.36 bits per heavy atom. The molecule has 1 aromatic heterocycles. The van der Waals surface area contributed by atoms with Crippen molar-refractivity contribution < 1.29 is 14.3 Å². The van der Waals surface area contributed by atoms with Gasteiger partial charge in [0, 0.05) is 5.02 Å². The van der Waals surface area contributed by atoms with E-state index in [2.05, 4.69) is 16.3 Å². The minimum absolute atomic E-state index is 0.228. The second kappa shape index (κ2) is 8.10. The minimum Gasteiger partial charge on any atom is -0.493 e. The molecule has 0 radical (unpaired) electrons. The summed E-state index contributed by atoms with van der Waals surface area (Å²) in [6.45, 7) is 4.74. The Kier molecular flexibility index (Phi) is 6.15. The zero-order valence-corrected chi connectivity index (χ0v) is 14.0. The first-order valence-electron chi connectivity index (χ1n) is 7.09. The molecule has 22 heavy (non-hydrogen) atoms. The fourth-order valence-corrected chi connectivity index (χ4v) is 2.47. The van der Waals surface area contributed by atoms with E-state index in [1.54, 1.807) is 25.1 Å². The Labute approximate surface area is 138 Å². The number of ether oxygens (including phenoxy) is 2. The van der Waals surface area contributed by atoms with Crippen molar-refractivity contribution in [3.05, 3.63) is 28.2 Å². The highest BCUT2D eigenvalue weighted by atomic mass is 35.5. The van der Waals surface area contributed by atoms with Crippen LogP contribution in [-0.4, -0.2) is 28.5 Å². The van der Waals surface area contributed by atoms with E-state index >= 15 is 0 Å². The predicted octanol–water partition coefficient (Wildman–Crippen LogP) is 4.21. The number of aromatic nitrogens is 2. The number of unbranched alkanes of at least 4 members (excludes halogenated alkanes) is 1. The maximum Gasteiger partial charge on any atom is 0.369 e. The van der Waals surface area contributed by atoms with Gasteiger partial charge in [-0.1, -0.05) is 24.9 Å². The van der Waals surface area contributed by atoms with Crippen molar-refractivity contribution in [3.63, 3.8) is 0 Å². The van der Waals surface area contributed by atoms with Crippen molar-refractivity contribution in [3.8, 4) is 17.1 Å². The smallest absolute Gasteiger partial charge is 0.369 e. The third kappa shape index (κ3) is 4.18. The average Bonchev–Trinajstić information content (AvgIpc) is 2.98. The molecular weight excluding hydrogens is 324 g/mol. The van der Waals surface area contributed by atoms with E-state index in [1.807, 2.05) is 0 Å². The highest BCUT2D eigenvalue weighted by Gasteiger charge is 2.17. The lowest BCUT2D eigenvalue weighted by atomic mass is 10.2. The first kappa shape index (κ1) is 16.7. The summed E-state index contributed by atoms with van der Waals surface area (Å²) < 4.78 is 14.9. The second-order valence-corrected chi connectivity index (χ2v) is 5.67. The molecule has 1 aromatic carbocycles. The van der Waals surface area contributed by atoms with Crippen LogP contribution < -0.4 is 4.74 Å². The van der Waals surface area contributed by atoms with E-state index in [-0.39, 0.29) is 5.01 Å². The number of esters is 1. The Bertz CT molecular complexity index is 645. The van der Waals surface area contributed by atoms with Gasteiger partial charge in [-0.2, -0.15) is 4.37 Å². The average molecular weight is 341 g/mol. The SMILES string of the molecule is CCCCOc1cc(Cl)ccc1-c1nsc(C(=O)OCC)n1. The first-order valence-corrected chi connectivity index (χ1v) is 8.24. The predicted molar refractivity (Wildman–Crippen MR) is 86.7 cm³/mol. The zero-order chi connectivity index (χ0) is 15.9. The van der Waals surface area contributed by atoms with Crippen LogP contribution in [0.15, 0.2) is 18.2 Å². The monoisotopic (exact) mass is 340 g/mol. The number of carbonyl (C=O) groups excluding carboxylic acids is 1. The fraction of sp³-hybridized carbons (Fsp3) is 0.400. The number of rotatable bonds is 7. The molecule has 0 saturated heterocycles. The van der Waals surface area contributed by atoms with E-state index in [0.717, 1.165) is 24.4 Å². The van der Waals surface area contributed by atoms with Gasteiger partial charge < -0.3 is 9.47 Å². The summed E-state index contributed by atoms with van der Waals surface area (Å²) in [5.41, 5.74) is 0.715. The van der Waals surface area contributed by atoms with Gasteiger partial charge in [-0.05, 0) is 43.1 Å². The molecule has 118 valence electrons. The van der Waals surface area contributed by atoms with Crippen LogP contribution in [0.1, 0.15) is 36.5 Å². The summed E-state index contributed by atoms with van der Waals surface area (Å²) in [7, 11) is 0. The molecule has 0 aliphatic rings. The third-order valence-corrected chi connectivity index (χ3v) is 3.75. The fourth-order valence-electron chi connectivity index (χ4n) is 1.74. The molecule has 0 unspecified atom stereocenters. The number of halogens is 1. The number of nitrogens with zero attached hydrogens (tertiary/aromatic N) is 2. The van der Waals surface area contributed by atoms with Crippen molar-refractivity contribution in [1.82, 2.24) is 9.36 Å². The molecule has 1 heterocycles. The highest BCUT2D eigenvalue weighted by molar-refractivity contribution is 7.07. The maximum absolute atomic E-state index is 11.7. The Morgan fingerprint density at radius 2 is 2.18 bits per heavy atom. The summed E-state index contributed by atoms with van der Waals surface area (Å²) in [5.74, 6) is 0.596. The molecule has 0 spiro atoms. The molecule has 2 rings (SSSR count). The van der Waals surface area contributed by atoms with Crippen molar-refractivity contribution in [2.75, 3.05) is 13.2 Å². The largest absolute Gasteiger partial charge is 0.493 e. The van der Waals surface area contributed by atoms with Crippen LogP contribution in [0.5, 0.6) is 5.75 Å². The quantitative estimate of drug-likeness (QED) is 0.558. The van der Waals surface area contributed by atoms with Crippen LogP contribution in [0.2, 0.25) is 5.02 Å². The molecule has 0 aliphatic carbocycles. The van der Waals surface area contributed by atoms with Crippen LogP contribution in [0.4, 0.5) is 0 Å². The van der Waals surface area contributed by atoms with Crippen LogP contribution in [0, 0.1) is 0 Å². The van der Waals surface area contributed by atoms with Crippen LogP contribution in [0.3, 0.4) is 0 Å². The Hall–Kier alpha value is -1.66. The molecule has 0 saturated carbocycles.